The van der Waals surface area contributed by atoms with Crippen molar-refractivity contribution in [2.24, 2.45) is 0 Å². The van der Waals surface area contributed by atoms with E-state index in [2.05, 4.69) is 97.1 Å². The second kappa shape index (κ2) is 8.92. The Balaban J connectivity index is 0.000000212. The van der Waals surface area contributed by atoms with Crippen LogP contribution in [0.15, 0.2) is 97.1 Å². The minimum absolute atomic E-state index is 0.392. The molecule has 1 aliphatic carbocycles. The normalized spacial score (nSPS) is 18.8. The number of hydrogen-bond donors (Lipinski definition) is 0. The smallest absolute Gasteiger partial charge is 0.104 e. The van der Waals surface area contributed by atoms with Gasteiger partial charge in [0.1, 0.15) is 12.2 Å². The third-order valence-corrected chi connectivity index (χ3v) is 8.07. The molecule has 0 bridgehead atoms. The molecule has 9 rings (SSSR count). The van der Waals surface area contributed by atoms with Crippen LogP contribution in [-0.4, -0.2) is 38.6 Å². The fourth-order valence-electron chi connectivity index (χ4n) is 6.10. The van der Waals surface area contributed by atoms with Crippen LogP contribution in [-0.2, 0) is 20.6 Å². The van der Waals surface area contributed by atoms with E-state index in [9.17, 15) is 0 Å². The van der Waals surface area contributed by atoms with E-state index in [1.807, 2.05) is 0 Å². The van der Waals surface area contributed by atoms with Gasteiger partial charge in [-0.05, 0) is 71.8 Å². The fourth-order valence-corrected chi connectivity index (χ4v) is 6.10. The van der Waals surface area contributed by atoms with Crippen LogP contribution in [0, 0.1) is 0 Å². The molecule has 2 atom stereocenters. The third kappa shape index (κ3) is 3.78. The van der Waals surface area contributed by atoms with Gasteiger partial charge in [0, 0.05) is 0 Å². The lowest BCUT2D eigenvalue weighted by Gasteiger charge is -2.16. The number of ether oxygens (including phenoxy) is 3. The zero-order chi connectivity index (χ0) is 25.1. The van der Waals surface area contributed by atoms with Gasteiger partial charge >= 0.3 is 0 Å². The molecule has 6 aromatic rings. The first kappa shape index (κ1) is 22.2. The van der Waals surface area contributed by atoms with Gasteiger partial charge in [0.05, 0.1) is 26.4 Å². The summed E-state index contributed by atoms with van der Waals surface area (Å²) < 4.78 is 15.1. The average molecular weight is 497 g/mol. The molecule has 2 saturated heterocycles. The molecule has 0 amide bonds. The van der Waals surface area contributed by atoms with Gasteiger partial charge in [-0.2, -0.15) is 0 Å². The molecule has 0 radical (unpaired) electrons. The van der Waals surface area contributed by atoms with Crippen LogP contribution in [0.2, 0.25) is 0 Å². The zero-order valence-corrected chi connectivity index (χ0v) is 21.2. The maximum Gasteiger partial charge on any atom is 0.104 e. The summed E-state index contributed by atoms with van der Waals surface area (Å²) in [5.41, 5.74) is 5.77. The summed E-state index contributed by atoms with van der Waals surface area (Å²) in [6.07, 6.45) is 1.80. The van der Waals surface area contributed by atoms with E-state index in [-0.39, 0.29) is 0 Å². The minimum atomic E-state index is 0.392. The molecule has 0 spiro atoms. The summed E-state index contributed by atoms with van der Waals surface area (Å²) in [6, 6.07) is 35.8. The summed E-state index contributed by atoms with van der Waals surface area (Å²) in [5, 5.41) is 10.9. The van der Waals surface area contributed by atoms with E-state index >= 15 is 0 Å². The summed E-state index contributed by atoms with van der Waals surface area (Å²) in [5.74, 6) is 0. The van der Waals surface area contributed by atoms with Crippen LogP contribution in [0.5, 0.6) is 0 Å². The molecule has 6 aromatic carbocycles. The molecule has 38 heavy (non-hydrogen) atoms. The minimum Gasteiger partial charge on any atom is -0.376 e. The molecule has 2 fully saturated rings. The van der Waals surface area contributed by atoms with Crippen LogP contribution < -0.4 is 0 Å². The van der Waals surface area contributed by atoms with E-state index in [4.69, 9.17) is 14.2 Å². The van der Waals surface area contributed by atoms with Crippen molar-refractivity contribution in [3.8, 4) is 11.1 Å². The largest absolute Gasteiger partial charge is 0.376 e. The standard InChI is InChI=1S/C29H18.C6H10O3/c1-4-10-21-18(7-1)13-15-24-26-17-20-9-3-6-12-23(20)29(26)28-22-11-5-2-8-19(22)14-16-25(28)27(21)24;1(5-3-8-5)7-2-6-4-9-6/h1-16H,17H2;5-6H,1-4H2. The topological polar surface area (TPSA) is 34.3 Å². The van der Waals surface area contributed by atoms with Crippen molar-refractivity contribution in [2.75, 3.05) is 26.4 Å². The molecule has 3 aliphatic rings. The lowest BCUT2D eigenvalue weighted by atomic mass is 9.87. The van der Waals surface area contributed by atoms with Gasteiger partial charge in [-0.3, -0.25) is 0 Å². The van der Waals surface area contributed by atoms with E-state index in [0.29, 0.717) is 12.2 Å². The van der Waals surface area contributed by atoms with Crippen molar-refractivity contribution in [1.29, 1.82) is 0 Å². The number of hydrogen-bond acceptors (Lipinski definition) is 3. The van der Waals surface area contributed by atoms with Crippen molar-refractivity contribution >= 4 is 43.1 Å². The van der Waals surface area contributed by atoms with Crippen LogP contribution >= 0.6 is 0 Å². The summed E-state index contributed by atoms with van der Waals surface area (Å²) in [6.45, 7) is 3.26. The van der Waals surface area contributed by atoms with E-state index < -0.39 is 0 Å². The number of fused-ring (bicyclic) bond motifs is 12. The molecule has 3 nitrogen and oxygen atoms in total. The molecule has 0 aromatic heterocycles. The lowest BCUT2D eigenvalue weighted by molar-refractivity contribution is 0.102. The lowest BCUT2D eigenvalue weighted by Crippen LogP contribution is -2.06. The molecular weight excluding hydrogens is 468 g/mol. The molecule has 2 unspecified atom stereocenters. The summed E-state index contributed by atoms with van der Waals surface area (Å²) >= 11 is 0. The van der Waals surface area contributed by atoms with Gasteiger partial charge in [0.15, 0.2) is 0 Å². The van der Waals surface area contributed by atoms with Gasteiger partial charge in [-0.1, -0.05) is 97.1 Å². The van der Waals surface area contributed by atoms with Gasteiger partial charge in [0.2, 0.25) is 0 Å². The zero-order valence-electron chi connectivity index (χ0n) is 21.2. The van der Waals surface area contributed by atoms with E-state index in [1.165, 1.54) is 65.3 Å². The molecule has 186 valence electrons. The first-order chi connectivity index (χ1) is 18.8. The first-order valence-electron chi connectivity index (χ1n) is 13.5. The van der Waals surface area contributed by atoms with Crippen LogP contribution in [0.25, 0.3) is 54.2 Å². The SMILES string of the molecule is C(OCC1CO1)C1CO1.c1ccc2c(c1)Cc1c-2c2c3ccccc3ccc2c2c1ccc1ccccc12. The van der Waals surface area contributed by atoms with Crippen molar-refractivity contribution in [2.45, 2.75) is 18.6 Å². The maximum atomic E-state index is 5.23. The predicted molar refractivity (Wildman–Crippen MR) is 155 cm³/mol. The average Bonchev–Trinajstić information content (AvgIpc) is 3.91. The maximum absolute atomic E-state index is 5.23. The Morgan fingerprint density at radius 1 is 0.579 bits per heavy atom. The highest BCUT2D eigenvalue weighted by atomic mass is 16.6. The highest BCUT2D eigenvalue weighted by Crippen LogP contribution is 2.49. The predicted octanol–water partition coefficient (Wildman–Crippen LogP) is 7.67. The Morgan fingerprint density at radius 3 is 1.84 bits per heavy atom. The van der Waals surface area contributed by atoms with Crippen molar-refractivity contribution in [3.05, 3.63) is 108 Å². The third-order valence-electron chi connectivity index (χ3n) is 8.07. The molecule has 0 N–H and O–H groups in total. The van der Waals surface area contributed by atoms with Gasteiger partial charge in [0.25, 0.3) is 0 Å². The monoisotopic (exact) mass is 496 g/mol. The Hall–Kier alpha value is -3.76. The fraction of sp³-hybridized carbons (Fsp3) is 0.200. The number of epoxide rings is 2. The van der Waals surface area contributed by atoms with Crippen molar-refractivity contribution in [3.63, 3.8) is 0 Å². The van der Waals surface area contributed by atoms with Crippen LogP contribution in [0.4, 0.5) is 0 Å². The highest BCUT2D eigenvalue weighted by Gasteiger charge is 2.27. The Kier molecular flexibility index (Phi) is 5.22. The van der Waals surface area contributed by atoms with Gasteiger partial charge in [-0.15, -0.1) is 0 Å². The van der Waals surface area contributed by atoms with E-state index in [1.54, 1.807) is 0 Å². The van der Waals surface area contributed by atoms with Crippen LogP contribution in [0.3, 0.4) is 0 Å². The molecule has 2 aliphatic heterocycles. The highest BCUT2D eigenvalue weighted by molar-refractivity contribution is 6.30. The summed E-state index contributed by atoms with van der Waals surface area (Å²) in [7, 11) is 0. The Bertz CT molecular complexity index is 1830. The molecule has 0 saturated carbocycles. The number of rotatable bonds is 4. The van der Waals surface area contributed by atoms with Crippen LogP contribution in [0.1, 0.15) is 11.1 Å². The number of benzene rings is 6. The van der Waals surface area contributed by atoms with Crippen molar-refractivity contribution in [1.82, 2.24) is 0 Å². The van der Waals surface area contributed by atoms with Gasteiger partial charge < -0.3 is 14.2 Å². The second-order valence-electron chi connectivity index (χ2n) is 10.6. The quantitative estimate of drug-likeness (QED) is 0.185. The Morgan fingerprint density at radius 2 is 1.16 bits per heavy atom. The molecular formula is C35H28O3. The van der Waals surface area contributed by atoms with Crippen molar-refractivity contribution < 1.29 is 14.2 Å². The molecule has 2 heterocycles. The molecule has 3 heteroatoms. The Labute approximate surface area is 221 Å². The first-order valence-corrected chi connectivity index (χ1v) is 13.5. The van der Waals surface area contributed by atoms with E-state index in [0.717, 1.165) is 32.8 Å². The summed E-state index contributed by atoms with van der Waals surface area (Å²) in [4.78, 5) is 0. The second-order valence-corrected chi connectivity index (χ2v) is 10.6. The van der Waals surface area contributed by atoms with Gasteiger partial charge in [-0.25, -0.2) is 0 Å².